The third kappa shape index (κ3) is 1.87. The van der Waals surface area contributed by atoms with Gasteiger partial charge in [0.25, 0.3) is 0 Å². The molecule has 1 aromatic rings. The molecule has 12 heavy (non-hydrogen) atoms. The van der Waals surface area contributed by atoms with Gasteiger partial charge in [0.15, 0.2) is 6.29 Å². The van der Waals surface area contributed by atoms with Crippen molar-refractivity contribution in [3.63, 3.8) is 0 Å². The summed E-state index contributed by atoms with van der Waals surface area (Å²) in [6, 6.07) is 4.22. The van der Waals surface area contributed by atoms with Gasteiger partial charge in [-0.2, -0.15) is 0 Å². The van der Waals surface area contributed by atoms with Crippen molar-refractivity contribution in [2.24, 2.45) is 0 Å². The average Bonchev–Trinajstić information content (AvgIpc) is 1.97. The lowest BCUT2D eigenvalue weighted by molar-refractivity contribution is -0.0388. The largest absolute Gasteiger partial charge is 0.508 e. The van der Waals surface area contributed by atoms with Crippen LogP contribution in [-0.2, 0) is 6.42 Å². The summed E-state index contributed by atoms with van der Waals surface area (Å²) in [5.41, 5.74) is 0.146. The van der Waals surface area contributed by atoms with Crippen molar-refractivity contribution >= 4 is 0 Å². The maximum Gasteiger partial charge on any atom is 0.155 e. The molecular formula is C8H10O4. The molecule has 0 fully saturated rings. The van der Waals surface area contributed by atoms with Crippen molar-refractivity contribution in [3.8, 4) is 11.5 Å². The second kappa shape index (κ2) is 3.42. The Morgan fingerprint density at radius 1 is 1.08 bits per heavy atom. The fourth-order valence-electron chi connectivity index (χ4n) is 0.955. The molecule has 0 amide bonds. The van der Waals surface area contributed by atoms with Gasteiger partial charge in [-0.3, -0.25) is 0 Å². The van der Waals surface area contributed by atoms with Crippen LogP contribution in [0.4, 0.5) is 0 Å². The molecule has 0 aromatic heterocycles. The maximum absolute atomic E-state index is 9.16. The Balaban J connectivity index is 2.96. The number of hydrogen-bond acceptors (Lipinski definition) is 4. The van der Waals surface area contributed by atoms with Crippen LogP contribution in [0.3, 0.4) is 0 Å². The third-order valence-corrected chi connectivity index (χ3v) is 1.51. The number of aliphatic hydroxyl groups excluding tert-OH is 1. The lowest BCUT2D eigenvalue weighted by Crippen LogP contribution is -2.08. The first-order valence-corrected chi connectivity index (χ1v) is 3.47. The van der Waals surface area contributed by atoms with Crippen LogP contribution < -0.4 is 0 Å². The van der Waals surface area contributed by atoms with Gasteiger partial charge in [0.1, 0.15) is 11.5 Å². The summed E-state index contributed by atoms with van der Waals surface area (Å²) in [6.45, 7) is 0. The summed E-state index contributed by atoms with van der Waals surface area (Å²) in [6.07, 6.45) is -1.75. The third-order valence-electron chi connectivity index (χ3n) is 1.51. The highest BCUT2D eigenvalue weighted by Crippen LogP contribution is 2.26. The first-order chi connectivity index (χ1) is 5.61. The van der Waals surface area contributed by atoms with Crippen molar-refractivity contribution < 1.29 is 20.4 Å². The molecule has 1 aromatic carbocycles. The predicted molar refractivity (Wildman–Crippen MR) is 41.7 cm³/mol. The zero-order chi connectivity index (χ0) is 9.14. The molecule has 0 saturated heterocycles. The fraction of sp³-hybridized carbons (Fsp3) is 0.250. The molecule has 0 atom stereocenters. The normalized spacial score (nSPS) is 10.6. The number of phenols is 2. The Morgan fingerprint density at radius 3 is 2.00 bits per heavy atom. The standard InChI is InChI=1S/C8H10O4/c9-6-2-1-3-7(10)5(6)4-8(11)12/h1-3,8-12H,4H2. The van der Waals surface area contributed by atoms with E-state index in [0.29, 0.717) is 0 Å². The summed E-state index contributed by atoms with van der Waals surface area (Å²) in [7, 11) is 0. The molecule has 4 N–H and O–H groups in total. The highest BCUT2D eigenvalue weighted by atomic mass is 16.5. The molecular weight excluding hydrogens is 160 g/mol. The Hall–Kier alpha value is -1.26. The zero-order valence-corrected chi connectivity index (χ0v) is 6.31. The van der Waals surface area contributed by atoms with Gasteiger partial charge >= 0.3 is 0 Å². The van der Waals surface area contributed by atoms with Crippen molar-refractivity contribution in [1.82, 2.24) is 0 Å². The summed E-state index contributed by atoms with van der Waals surface area (Å²) in [4.78, 5) is 0. The molecule has 0 aliphatic carbocycles. The van der Waals surface area contributed by atoms with Crippen molar-refractivity contribution in [2.45, 2.75) is 12.7 Å². The van der Waals surface area contributed by atoms with E-state index in [9.17, 15) is 0 Å². The molecule has 0 aliphatic rings. The van der Waals surface area contributed by atoms with Crippen LogP contribution in [0.1, 0.15) is 5.56 Å². The lowest BCUT2D eigenvalue weighted by Gasteiger charge is -2.07. The van der Waals surface area contributed by atoms with E-state index in [4.69, 9.17) is 20.4 Å². The molecule has 4 nitrogen and oxygen atoms in total. The second-order valence-corrected chi connectivity index (χ2v) is 2.46. The lowest BCUT2D eigenvalue weighted by atomic mass is 10.1. The molecule has 0 radical (unpaired) electrons. The number of benzene rings is 1. The zero-order valence-electron chi connectivity index (χ0n) is 6.31. The SMILES string of the molecule is Oc1cccc(O)c1CC(O)O. The van der Waals surface area contributed by atoms with Gasteiger partial charge < -0.3 is 20.4 Å². The Bertz CT molecular complexity index is 250. The molecule has 0 saturated carbocycles. The van der Waals surface area contributed by atoms with E-state index in [1.165, 1.54) is 18.2 Å². The smallest absolute Gasteiger partial charge is 0.155 e. The number of aromatic hydroxyl groups is 2. The summed E-state index contributed by atoms with van der Waals surface area (Å²) < 4.78 is 0. The number of rotatable bonds is 2. The number of phenolic OH excluding ortho intramolecular Hbond substituents is 2. The summed E-state index contributed by atoms with van der Waals surface area (Å²) in [5, 5.41) is 35.5. The van der Waals surface area contributed by atoms with E-state index in [1.54, 1.807) is 0 Å². The van der Waals surface area contributed by atoms with E-state index in [2.05, 4.69) is 0 Å². The molecule has 66 valence electrons. The van der Waals surface area contributed by atoms with Gasteiger partial charge in [-0.1, -0.05) is 6.07 Å². The van der Waals surface area contributed by atoms with Gasteiger partial charge in [0.05, 0.1) is 0 Å². The minimum absolute atomic E-state index is 0.136. The van der Waals surface area contributed by atoms with E-state index in [1.807, 2.05) is 0 Å². The van der Waals surface area contributed by atoms with Crippen LogP contribution >= 0.6 is 0 Å². The quantitative estimate of drug-likeness (QED) is 0.469. The van der Waals surface area contributed by atoms with Crippen LogP contribution in [-0.4, -0.2) is 26.7 Å². The molecule has 0 unspecified atom stereocenters. The predicted octanol–water partition coefficient (Wildman–Crippen LogP) is -0.0490. The molecule has 0 aliphatic heterocycles. The summed E-state index contributed by atoms with van der Waals surface area (Å²) in [5.74, 6) is -0.272. The van der Waals surface area contributed by atoms with Gasteiger partial charge in [-0.15, -0.1) is 0 Å². The van der Waals surface area contributed by atoms with Crippen LogP contribution in [0.25, 0.3) is 0 Å². The van der Waals surface area contributed by atoms with Crippen LogP contribution in [0.15, 0.2) is 18.2 Å². The molecule has 0 bridgehead atoms. The number of aliphatic hydroxyl groups is 2. The van der Waals surface area contributed by atoms with Gasteiger partial charge in [-0.25, -0.2) is 0 Å². The number of hydrogen-bond donors (Lipinski definition) is 4. The van der Waals surface area contributed by atoms with Gasteiger partial charge in [0, 0.05) is 12.0 Å². The maximum atomic E-state index is 9.16. The van der Waals surface area contributed by atoms with Crippen molar-refractivity contribution in [1.29, 1.82) is 0 Å². The Labute approximate surface area is 69.3 Å². The van der Waals surface area contributed by atoms with Gasteiger partial charge in [0.2, 0.25) is 0 Å². The van der Waals surface area contributed by atoms with Crippen LogP contribution in [0.5, 0.6) is 11.5 Å². The van der Waals surface area contributed by atoms with E-state index in [0.717, 1.165) is 0 Å². The van der Waals surface area contributed by atoms with Crippen molar-refractivity contribution in [3.05, 3.63) is 23.8 Å². The van der Waals surface area contributed by atoms with E-state index >= 15 is 0 Å². The molecule has 0 heterocycles. The second-order valence-electron chi connectivity index (χ2n) is 2.46. The Kier molecular flexibility index (Phi) is 2.52. The molecule has 0 spiro atoms. The first-order valence-electron chi connectivity index (χ1n) is 3.47. The first kappa shape index (κ1) is 8.83. The minimum Gasteiger partial charge on any atom is -0.508 e. The van der Waals surface area contributed by atoms with Crippen molar-refractivity contribution in [2.75, 3.05) is 0 Å². The topological polar surface area (TPSA) is 80.9 Å². The fourth-order valence-corrected chi connectivity index (χ4v) is 0.955. The van der Waals surface area contributed by atoms with Crippen LogP contribution in [0, 0.1) is 0 Å². The van der Waals surface area contributed by atoms with E-state index in [-0.39, 0.29) is 23.5 Å². The highest BCUT2D eigenvalue weighted by Gasteiger charge is 2.09. The summed E-state index contributed by atoms with van der Waals surface area (Å²) >= 11 is 0. The Morgan fingerprint density at radius 2 is 1.58 bits per heavy atom. The van der Waals surface area contributed by atoms with Gasteiger partial charge in [-0.05, 0) is 12.1 Å². The molecule has 4 heteroatoms. The minimum atomic E-state index is -1.57. The van der Waals surface area contributed by atoms with Crippen LogP contribution in [0.2, 0.25) is 0 Å². The highest BCUT2D eigenvalue weighted by molar-refractivity contribution is 5.43. The monoisotopic (exact) mass is 170 g/mol. The average molecular weight is 170 g/mol. The molecule has 1 rings (SSSR count). The van der Waals surface area contributed by atoms with E-state index < -0.39 is 6.29 Å².